The normalized spacial score (nSPS) is 33.9. The van der Waals surface area contributed by atoms with Crippen LogP contribution in [0.25, 0.3) is 0 Å². The van der Waals surface area contributed by atoms with Crippen LogP contribution in [0.15, 0.2) is 18.2 Å². The highest BCUT2D eigenvalue weighted by atomic mass is 19.4. The average molecular weight is 273 g/mol. The standard InChI is InChI=1S/C14H15F4N/c15-8-5-6-11(14(16,17)18)12(7-8)13(19)9-3-1-2-4-10(9)13/h5-7,9-10H,1-4,19H2. The van der Waals surface area contributed by atoms with Crippen molar-refractivity contribution in [3.63, 3.8) is 0 Å². The molecule has 2 aliphatic rings. The molecule has 1 aromatic rings. The van der Waals surface area contributed by atoms with Gasteiger partial charge in [0, 0.05) is 5.54 Å². The molecule has 2 unspecified atom stereocenters. The maximum Gasteiger partial charge on any atom is 0.416 e. The molecule has 2 saturated carbocycles. The Morgan fingerprint density at radius 2 is 1.68 bits per heavy atom. The summed E-state index contributed by atoms with van der Waals surface area (Å²) in [5.41, 5.74) is 4.39. The molecule has 19 heavy (non-hydrogen) atoms. The summed E-state index contributed by atoms with van der Waals surface area (Å²) in [5, 5.41) is 0. The van der Waals surface area contributed by atoms with Crippen molar-refractivity contribution in [1.29, 1.82) is 0 Å². The second-order valence-corrected chi connectivity index (χ2v) is 5.62. The van der Waals surface area contributed by atoms with E-state index < -0.39 is 23.1 Å². The molecule has 2 fully saturated rings. The molecule has 3 rings (SSSR count). The first-order chi connectivity index (χ1) is 8.85. The Labute approximate surface area is 108 Å². The third-order valence-electron chi connectivity index (χ3n) is 4.64. The Kier molecular flexibility index (Phi) is 2.68. The maximum atomic E-state index is 13.3. The van der Waals surface area contributed by atoms with E-state index in [1.807, 2.05) is 0 Å². The van der Waals surface area contributed by atoms with Crippen molar-refractivity contribution in [1.82, 2.24) is 0 Å². The molecular weight excluding hydrogens is 258 g/mol. The van der Waals surface area contributed by atoms with Crippen LogP contribution in [-0.4, -0.2) is 0 Å². The number of hydrogen-bond donors (Lipinski definition) is 1. The van der Waals surface area contributed by atoms with Crippen LogP contribution in [0.1, 0.15) is 36.8 Å². The quantitative estimate of drug-likeness (QED) is 0.773. The van der Waals surface area contributed by atoms with Crippen molar-refractivity contribution in [3.8, 4) is 0 Å². The van der Waals surface area contributed by atoms with Gasteiger partial charge in [-0.3, -0.25) is 0 Å². The van der Waals surface area contributed by atoms with E-state index in [2.05, 4.69) is 0 Å². The lowest BCUT2D eigenvalue weighted by atomic mass is 9.95. The van der Waals surface area contributed by atoms with Gasteiger partial charge in [0.2, 0.25) is 0 Å². The van der Waals surface area contributed by atoms with Crippen LogP contribution in [0.2, 0.25) is 0 Å². The molecule has 0 bridgehead atoms. The van der Waals surface area contributed by atoms with Crippen molar-refractivity contribution in [2.75, 3.05) is 0 Å². The van der Waals surface area contributed by atoms with Crippen molar-refractivity contribution >= 4 is 0 Å². The first kappa shape index (κ1) is 12.9. The number of benzene rings is 1. The Morgan fingerprint density at radius 3 is 2.21 bits per heavy atom. The van der Waals surface area contributed by atoms with E-state index in [4.69, 9.17) is 5.73 Å². The first-order valence-corrected chi connectivity index (χ1v) is 6.51. The highest BCUT2D eigenvalue weighted by molar-refractivity contribution is 5.43. The summed E-state index contributed by atoms with van der Waals surface area (Å²) in [7, 11) is 0. The predicted octanol–water partition coefficient (Wildman–Crippen LogP) is 3.82. The van der Waals surface area contributed by atoms with Crippen LogP contribution >= 0.6 is 0 Å². The fourth-order valence-corrected chi connectivity index (χ4v) is 3.69. The molecule has 0 aromatic heterocycles. The third kappa shape index (κ3) is 1.86. The molecule has 5 heteroatoms. The molecule has 104 valence electrons. The SMILES string of the molecule is NC1(c2cc(F)ccc2C(F)(F)F)C2CCCCC21. The van der Waals surface area contributed by atoms with E-state index in [1.54, 1.807) is 0 Å². The molecule has 1 nitrogen and oxygen atoms in total. The zero-order valence-electron chi connectivity index (χ0n) is 10.3. The van der Waals surface area contributed by atoms with E-state index >= 15 is 0 Å². The van der Waals surface area contributed by atoms with Crippen LogP contribution in [0.3, 0.4) is 0 Å². The van der Waals surface area contributed by atoms with E-state index in [-0.39, 0.29) is 17.4 Å². The van der Waals surface area contributed by atoms with E-state index in [1.165, 1.54) is 0 Å². The summed E-state index contributed by atoms with van der Waals surface area (Å²) in [6, 6.07) is 2.63. The highest BCUT2D eigenvalue weighted by Gasteiger charge is 2.64. The summed E-state index contributed by atoms with van der Waals surface area (Å²) in [4.78, 5) is 0. The van der Waals surface area contributed by atoms with Crippen LogP contribution in [0.4, 0.5) is 17.6 Å². The van der Waals surface area contributed by atoms with Gasteiger partial charge in [0.05, 0.1) is 5.56 Å². The number of fused-ring (bicyclic) bond motifs is 1. The van der Waals surface area contributed by atoms with Crippen LogP contribution in [-0.2, 0) is 11.7 Å². The third-order valence-corrected chi connectivity index (χ3v) is 4.64. The zero-order chi connectivity index (χ0) is 13.8. The number of nitrogens with two attached hydrogens (primary N) is 1. The van der Waals surface area contributed by atoms with Gasteiger partial charge in [0.25, 0.3) is 0 Å². The minimum atomic E-state index is -4.48. The number of rotatable bonds is 1. The second-order valence-electron chi connectivity index (χ2n) is 5.62. The van der Waals surface area contributed by atoms with Gasteiger partial charge in [-0.25, -0.2) is 4.39 Å². The second kappa shape index (κ2) is 3.95. The fourth-order valence-electron chi connectivity index (χ4n) is 3.69. The van der Waals surface area contributed by atoms with Gasteiger partial charge >= 0.3 is 6.18 Å². The zero-order valence-corrected chi connectivity index (χ0v) is 10.3. The Morgan fingerprint density at radius 1 is 1.11 bits per heavy atom. The van der Waals surface area contributed by atoms with Crippen molar-refractivity contribution < 1.29 is 17.6 Å². The van der Waals surface area contributed by atoms with E-state index in [0.29, 0.717) is 0 Å². The summed E-state index contributed by atoms with van der Waals surface area (Å²) in [5.74, 6) is -0.509. The maximum absolute atomic E-state index is 13.3. The summed E-state index contributed by atoms with van der Waals surface area (Å²) < 4.78 is 52.5. The minimum absolute atomic E-state index is 0.0584. The fraction of sp³-hybridized carbons (Fsp3) is 0.571. The number of hydrogen-bond acceptors (Lipinski definition) is 1. The highest BCUT2D eigenvalue weighted by Crippen LogP contribution is 2.64. The van der Waals surface area contributed by atoms with Gasteiger partial charge < -0.3 is 5.73 Å². The summed E-state index contributed by atoms with van der Waals surface area (Å²) in [6.45, 7) is 0. The minimum Gasteiger partial charge on any atom is -0.321 e. The molecule has 0 spiro atoms. The lowest BCUT2D eigenvalue weighted by Gasteiger charge is -2.19. The lowest BCUT2D eigenvalue weighted by Crippen LogP contribution is -2.28. The molecule has 2 aliphatic carbocycles. The Balaban J connectivity index is 2.08. The molecule has 2 N–H and O–H groups in total. The predicted molar refractivity (Wildman–Crippen MR) is 62.7 cm³/mol. The van der Waals surface area contributed by atoms with Gasteiger partial charge in [-0.1, -0.05) is 12.8 Å². The molecular formula is C14H15F4N. The van der Waals surface area contributed by atoms with Crippen LogP contribution < -0.4 is 5.73 Å². The molecule has 0 saturated heterocycles. The topological polar surface area (TPSA) is 26.0 Å². The molecule has 2 atom stereocenters. The van der Waals surface area contributed by atoms with Gasteiger partial charge in [-0.2, -0.15) is 13.2 Å². The van der Waals surface area contributed by atoms with Crippen molar-refractivity contribution in [2.24, 2.45) is 17.6 Å². The van der Waals surface area contributed by atoms with Gasteiger partial charge in [-0.15, -0.1) is 0 Å². The van der Waals surface area contributed by atoms with Crippen LogP contribution in [0.5, 0.6) is 0 Å². The number of halogens is 4. The number of alkyl halides is 3. The smallest absolute Gasteiger partial charge is 0.321 e. The van der Waals surface area contributed by atoms with Gasteiger partial charge in [0.1, 0.15) is 5.82 Å². The van der Waals surface area contributed by atoms with Gasteiger partial charge in [-0.05, 0) is 48.4 Å². The van der Waals surface area contributed by atoms with E-state index in [0.717, 1.165) is 43.9 Å². The molecule has 0 amide bonds. The molecule has 1 aromatic carbocycles. The summed E-state index contributed by atoms with van der Waals surface area (Å²) in [6.07, 6.45) is -0.807. The largest absolute Gasteiger partial charge is 0.416 e. The summed E-state index contributed by atoms with van der Waals surface area (Å²) >= 11 is 0. The Hall–Kier alpha value is -1.10. The lowest BCUT2D eigenvalue weighted by molar-refractivity contribution is -0.138. The molecule has 0 aliphatic heterocycles. The van der Waals surface area contributed by atoms with E-state index in [9.17, 15) is 17.6 Å². The van der Waals surface area contributed by atoms with Crippen molar-refractivity contribution in [2.45, 2.75) is 37.4 Å². The molecule has 0 radical (unpaired) electrons. The van der Waals surface area contributed by atoms with Crippen LogP contribution in [0, 0.1) is 17.7 Å². The first-order valence-electron chi connectivity index (χ1n) is 6.51. The van der Waals surface area contributed by atoms with Crippen molar-refractivity contribution in [3.05, 3.63) is 35.1 Å². The average Bonchev–Trinajstić information content (AvgIpc) is 2.96. The molecule has 0 heterocycles. The Bertz CT molecular complexity index is 497. The monoisotopic (exact) mass is 273 g/mol. The van der Waals surface area contributed by atoms with Gasteiger partial charge in [0.15, 0.2) is 0 Å².